The molecule has 1 aliphatic rings. The highest BCUT2D eigenvalue weighted by Gasteiger charge is 2.18. The topological polar surface area (TPSA) is 0 Å². The molecule has 1 aliphatic carbocycles. The average molecular weight is 228 g/mol. The predicted octanol–water partition coefficient (Wildman–Crippen LogP) is 5.32. The van der Waals surface area contributed by atoms with Gasteiger partial charge in [0.15, 0.2) is 0 Å². The summed E-state index contributed by atoms with van der Waals surface area (Å²) < 4.78 is 0. The van der Waals surface area contributed by atoms with Gasteiger partial charge in [0, 0.05) is 5.92 Å². The van der Waals surface area contributed by atoms with Crippen molar-refractivity contribution in [2.24, 2.45) is 5.92 Å². The van der Waals surface area contributed by atoms with Crippen molar-refractivity contribution in [3.63, 3.8) is 0 Å². The molecule has 0 saturated carbocycles. The van der Waals surface area contributed by atoms with E-state index < -0.39 is 0 Å². The van der Waals surface area contributed by atoms with E-state index in [0.717, 1.165) is 5.92 Å². The van der Waals surface area contributed by atoms with Gasteiger partial charge in [-0.25, -0.2) is 0 Å². The summed E-state index contributed by atoms with van der Waals surface area (Å²) in [7, 11) is 0. The van der Waals surface area contributed by atoms with Crippen molar-refractivity contribution in [2.75, 3.05) is 0 Å². The van der Waals surface area contributed by atoms with E-state index >= 15 is 0 Å². The molecule has 2 unspecified atom stereocenters. The largest absolute Gasteiger partial charge is 0.0844 e. The van der Waals surface area contributed by atoms with E-state index in [2.05, 4.69) is 50.3 Å². The molecule has 1 aromatic carbocycles. The van der Waals surface area contributed by atoms with Crippen LogP contribution in [0.25, 0.3) is 0 Å². The van der Waals surface area contributed by atoms with E-state index in [1.165, 1.54) is 37.7 Å². The fourth-order valence-electron chi connectivity index (χ4n) is 2.93. The molecule has 0 fully saturated rings. The monoisotopic (exact) mass is 228 g/mol. The molecule has 0 heteroatoms. The van der Waals surface area contributed by atoms with Gasteiger partial charge in [-0.3, -0.25) is 0 Å². The fraction of sp³-hybridized carbons (Fsp3) is 0.529. The molecular formula is C17H24. The molecule has 0 aromatic heterocycles. The Labute approximate surface area is 106 Å². The van der Waals surface area contributed by atoms with Crippen LogP contribution in [0, 0.1) is 5.92 Å². The van der Waals surface area contributed by atoms with Crippen LogP contribution in [0.4, 0.5) is 0 Å². The molecule has 0 N–H and O–H groups in total. The molecule has 0 aliphatic heterocycles. The number of allylic oxidation sites excluding steroid dienone is 2. The van der Waals surface area contributed by atoms with Crippen LogP contribution in [0.2, 0.25) is 0 Å². The normalized spacial score (nSPS) is 22.0. The summed E-state index contributed by atoms with van der Waals surface area (Å²) in [5, 5.41) is 0. The Morgan fingerprint density at radius 1 is 1.24 bits per heavy atom. The van der Waals surface area contributed by atoms with Crippen LogP contribution in [0.15, 0.2) is 42.0 Å². The minimum absolute atomic E-state index is 0.610. The third kappa shape index (κ3) is 3.21. The van der Waals surface area contributed by atoms with E-state index in [1.807, 2.05) is 0 Å². The van der Waals surface area contributed by atoms with Gasteiger partial charge in [0.1, 0.15) is 0 Å². The molecule has 0 amide bonds. The first kappa shape index (κ1) is 12.4. The van der Waals surface area contributed by atoms with E-state index in [-0.39, 0.29) is 0 Å². The van der Waals surface area contributed by atoms with E-state index in [1.54, 1.807) is 5.57 Å². The smallest absolute Gasteiger partial charge is 0.00198 e. The first-order chi connectivity index (χ1) is 8.31. The molecule has 0 nitrogen and oxygen atoms in total. The van der Waals surface area contributed by atoms with E-state index in [4.69, 9.17) is 0 Å². The Hall–Kier alpha value is -1.04. The van der Waals surface area contributed by atoms with Gasteiger partial charge in [0.2, 0.25) is 0 Å². The van der Waals surface area contributed by atoms with Crippen LogP contribution in [0.1, 0.15) is 57.4 Å². The van der Waals surface area contributed by atoms with Crippen LogP contribution in [-0.2, 0) is 0 Å². The second kappa shape index (κ2) is 6.05. The average Bonchev–Trinajstić information content (AvgIpc) is 2.40. The standard InChI is InChI=1S/C17H24/c1-3-7-15-10-12-17(13-11-15)14(2)16-8-5-4-6-9-16/h4-6,8-9,12,14-15H,3,7,10-11,13H2,1-2H3. The summed E-state index contributed by atoms with van der Waals surface area (Å²) in [6.07, 6.45) is 9.27. The van der Waals surface area contributed by atoms with Crippen LogP contribution in [0.3, 0.4) is 0 Å². The van der Waals surface area contributed by atoms with Crippen molar-refractivity contribution in [3.05, 3.63) is 47.5 Å². The molecular weight excluding hydrogens is 204 g/mol. The zero-order valence-electron chi connectivity index (χ0n) is 11.2. The Kier molecular flexibility index (Phi) is 4.42. The minimum atomic E-state index is 0.610. The number of rotatable bonds is 4. The highest BCUT2D eigenvalue weighted by Crippen LogP contribution is 2.34. The molecule has 0 spiro atoms. The summed E-state index contributed by atoms with van der Waals surface area (Å²) in [5.74, 6) is 1.56. The highest BCUT2D eigenvalue weighted by atomic mass is 14.2. The maximum absolute atomic E-state index is 2.52. The second-order valence-corrected chi connectivity index (χ2v) is 5.34. The summed E-state index contributed by atoms with van der Waals surface area (Å²) in [5.41, 5.74) is 3.12. The van der Waals surface area contributed by atoms with Crippen LogP contribution < -0.4 is 0 Å². The second-order valence-electron chi connectivity index (χ2n) is 5.34. The first-order valence-electron chi connectivity index (χ1n) is 7.05. The Morgan fingerprint density at radius 2 is 2.00 bits per heavy atom. The lowest BCUT2D eigenvalue weighted by atomic mass is 9.80. The third-order valence-electron chi connectivity index (χ3n) is 4.11. The molecule has 0 heterocycles. The lowest BCUT2D eigenvalue weighted by molar-refractivity contribution is 0.425. The first-order valence-corrected chi connectivity index (χ1v) is 7.05. The molecule has 0 radical (unpaired) electrons. The maximum Gasteiger partial charge on any atom is 0.00198 e. The van der Waals surface area contributed by atoms with Crippen molar-refractivity contribution < 1.29 is 0 Å². The van der Waals surface area contributed by atoms with E-state index in [9.17, 15) is 0 Å². The summed E-state index contributed by atoms with van der Waals surface area (Å²) in [6.45, 7) is 4.65. The van der Waals surface area contributed by atoms with Gasteiger partial charge in [0.25, 0.3) is 0 Å². The fourth-order valence-corrected chi connectivity index (χ4v) is 2.93. The van der Waals surface area contributed by atoms with Crippen molar-refractivity contribution in [1.29, 1.82) is 0 Å². The molecule has 0 saturated heterocycles. The Balaban J connectivity index is 2.00. The predicted molar refractivity (Wildman–Crippen MR) is 75.2 cm³/mol. The van der Waals surface area contributed by atoms with Crippen molar-refractivity contribution in [1.82, 2.24) is 0 Å². The third-order valence-corrected chi connectivity index (χ3v) is 4.11. The van der Waals surface area contributed by atoms with Gasteiger partial charge in [-0.15, -0.1) is 0 Å². The minimum Gasteiger partial charge on any atom is -0.0844 e. The quantitative estimate of drug-likeness (QED) is 0.612. The van der Waals surface area contributed by atoms with Gasteiger partial charge in [-0.05, 0) is 30.7 Å². The lowest BCUT2D eigenvalue weighted by Crippen LogP contribution is -2.09. The van der Waals surface area contributed by atoms with Crippen molar-refractivity contribution in [3.8, 4) is 0 Å². The Morgan fingerprint density at radius 3 is 2.59 bits per heavy atom. The van der Waals surface area contributed by atoms with Crippen molar-refractivity contribution >= 4 is 0 Å². The van der Waals surface area contributed by atoms with Gasteiger partial charge in [-0.2, -0.15) is 0 Å². The number of hydrogen-bond acceptors (Lipinski definition) is 0. The summed E-state index contributed by atoms with van der Waals surface area (Å²) >= 11 is 0. The molecule has 2 rings (SSSR count). The number of hydrogen-bond donors (Lipinski definition) is 0. The highest BCUT2D eigenvalue weighted by molar-refractivity contribution is 5.28. The molecule has 17 heavy (non-hydrogen) atoms. The van der Waals surface area contributed by atoms with Crippen molar-refractivity contribution in [2.45, 2.75) is 51.9 Å². The van der Waals surface area contributed by atoms with Crippen LogP contribution >= 0.6 is 0 Å². The zero-order chi connectivity index (χ0) is 12.1. The molecule has 1 aromatic rings. The molecule has 0 bridgehead atoms. The van der Waals surface area contributed by atoms with Gasteiger partial charge >= 0.3 is 0 Å². The SMILES string of the molecule is CCCC1CC=C(C(C)c2ccccc2)CC1. The number of benzene rings is 1. The van der Waals surface area contributed by atoms with Crippen LogP contribution in [0.5, 0.6) is 0 Å². The van der Waals surface area contributed by atoms with Gasteiger partial charge in [0.05, 0.1) is 0 Å². The van der Waals surface area contributed by atoms with Crippen LogP contribution in [-0.4, -0.2) is 0 Å². The molecule has 2 atom stereocenters. The Bertz CT molecular complexity index is 361. The van der Waals surface area contributed by atoms with E-state index in [0.29, 0.717) is 5.92 Å². The lowest BCUT2D eigenvalue weighted by Gasteiger charge is -2.25. The zero-order valence-corrected chi connectivity index (χ0v) is 11.2. The summed E-state index contributed by atoms with van der Waals surface area (Å²) in [4.78, 5) is 0. The van der Waals surface area contributed by atoms with Gasteiger partial charge in [-0.1, -0.05) is 68.7 Å². The summed E-state index contributed by atoms with van der Waals surface area (Å²) in [6, 6.07) is 10.9. The molecule has 92 valence electrons. The van der Waals surface area contributed by atoms with Gasteiger partial charge < -0.3 is 0 Å². The maximum atomic E-state index is 2.52.